The summed E-state index contributed by atoms with van der Waals surface area (Å²) in [4.78, 5) is 0. The molecular weight excluding hydrogens is 293 g/mol. The smallest absolute Gasteiger partial charge is 0.0943 e. The highest BCUT2D eigenvalue weighted by Crippen LogP contribution is 2.42. The number of fused-ring (bicyclic) bond motifs is 1. The lowest BCUT2D eigenvalue weighted by Crippen LogP contribution is -2.25. The Labute approximate surface area is 128 Å². The van der Waals surface area contributed by atoms with E-state index < -0.39 is 5.60 Å². The summed E-state index contributed by atoms with van der Waals surface area (Å²) in [6.45, 7) is 0. The Bertz CT molecular complexity index is 651. The van der Waals surface area contributed by atoms with Crippen LogP contribution in [0.1, 0.15) is 23.1 Å². The summed E-state index contributed by atoms with van der Waals surface area (Å²) in [5.74, 6) is 0. The molecule has 2 aromatic rings. The molecule has 20 heavy (non-hydrogen) atoms. The van der Waals surface area contributed by atoms with E-state index in [9.17, 15) is 5.11 Å². The Morgan fingerprint density at radius 2 is 1.85 bits per heavy atom. The molecule has 3 rings (SSSR count). The van der Waals surface area contributed by atoms with Crippen molar-refractivity contribution in [1.82, 2.24) is 0 Å². The molecule has 0 aliphatic heterocycles. The highest BCUT2D eigenvalue weighted by atomic mass is 35.5. The third kappa shape index (κ3) is 2.28. The van der Waals surface area contributed by atoms with Crippen LogP contribution in [0.2, 0.25) is 10.0 Å². The van der Waals surface area contributed by atoms with E-state index in [0.717, 1.165) is 28.8 Å². The minimum Gasteiger partial charge on any atom is -0.399 e. The summed E-state index contributed by atoms with van der Waals surface area (Å²) in [6.07, 6.45) is 1.90. The number of anilines is 1. The molecule has 0 radical (unpaired) electrons. The van der Waals surface area contributed by atoms with Crippen molar-refractivity contribution in [2.45, 2.75) is 24.9 Å². The van der Waals surface area contributed by atoms with Crippen molar-refractivity contribution in [3.63, 3.8) is 0 Å². The molecule has 0 spiro atoms. The summed E-state index contributed by atoms with van der Waals surface area (Å²) in [6, 6.07) is 11.1. The van der Waals surface area contributed by atoms with Crippen LogP contribution in [0.4, 0.5) is 5.69 Å². The molecule has 2 nitrogen and oxygen atoms in total. The molecule has 0 aromatic heterocycles. The highest BCUT2D eigenvalue weighted by Gasteiger charge is 2.37. The Morgan fingerprint density at radius 1 is 1.15 bits per heavy atom. The second kappa shape index (κ2) is 4.96. The van der Waals surface area contributed by atoms with Gasteiger partial charge in [-0.05, 0) is 53.8 Å². The van der Waals surface area contributed by atoms with E-state index in [2.05, 4.69) is 0 Å². The number of aryl methyl sites for hydroxylation is 1. The van der Waals surface area contributed by atoms with Crippen molar-refractivity contribution in [1.29, 1.82) is 0 Å². The molecule has 0 saturated carbocycles. The number of aliphatic hydroxyl groups is 1. The van der Waals surface area contributed by atoms with E-state index in [1.165, 1.54) is 0 Å². The molecule has 1 atom stereocenters. The van der Waals surface area contributed by atoms with Gasteiger partial charge in [0.1, 0.15) is 0 Å². The first-order chi connectivity index (χ1) is 9.49. The summed E-state index contributed by atoms with van der Waals surface area (Å²) in [5.41, 5.74) is 8.44. The van der Waals surface area contributed by atoms with Crippen molar-refractivity contribution in [3.05, 3.63) is 63.1 Å². The number of halogens is 2. The molecule has 3 N–H and O–H groups in total. The van der Waals surface area contributed by atoms with Crippen molar-refractivity contribution in [3.8, 4) is 0 Å². The van der Waals surface area contributed by atoms with Gasteiger partial charge in [-0.15, -0.1) is 0 Å². The first-order valence-electron chi connectivity index (χ1n) is 6.54. The molecule has 0 saturated heterocycles. The van der Waals surface area contributed by atoms with Crippen molar-refractivity contribution in [2.75, 3.05) is 5.73 Å². The number of nitrogen functional groups attached to an aromatic ring is 1. The fourth-order valence-electron chi connectivity index (χ4n) is 2.93. The predicted molar refractivity (Wildman–Crippen MR) is 83.2 cm³/mol. The zero-order valence-corrected chi connectivity index (χ0v) is 12.4. The van der Waals surface area contributed by atoms with Gasteiger partial charge in [0.2, 0.25) is 0 Å². The van der Waals surface area contributed by atoms with Crippen LogP contribution >= 0.6 is 23.2 Å². The normalized spacial score (nSPS) is 20.9. The van der Waals surface area contributed by atoms with E-state index >= 15 is 0 Å². The van der Waals surface area contributed by atoms with E-state index in [4.69, 9.17) is 28.9 Å². The van der Waals surface area contributed by atoms with E-state index in [-0.39, 0.29) is 0 Å². The van der Waals surface area contributed by atoms with Crippen molar-refractivity contribution in [2.24, 2.45) is 0 Å². The molecular formula is C16H15Cl2NO. The topological polar surface area (TPSA) is 46.2 Å². The minimum absolute atomic E-state index is 0.419. The van der Waals surface area contributed by atoms with Gasteiger partial charge < -0.3 is 10.8 Å². The van der Waals surface area contributed by atoms with Gasteiger partial charge >= 0.3 is 0 Å². The Kier molecular flexibility index (Phi) is 3.41. The van der Waals surface area contributed by atoms with Gasteiger partial charge in [0, 0.05) is 22.2 Å². The van der Waals surface area contributed by atoms with E-state index in [1.54, 1.807) is 12.1 Å². The lowest BCUT2D eigenvalue weighted by Gasteiger charge is -2.25. The zero-order valence-electron chi connectivity index (χ0n) is 10.9. The van der Waals surface area contributed by atoms with Crippen LogP contribution in [0.25, 0.3) is 0 Å². The number of hydrogen-bond acceptors (Lipinski definition) is 2. The van der Waals surface area contributed by atoms with Crippen molar-refractivity contribution < 1.29 is 5.11 Å². The van der Waals surface area contributed by atoms with Gasteiger partial charge in [0.25, 0.3) is 0 Å². The third-order valence-electron chi connectivity index (χ3n) is 3.97. The highest BCUT2D eigenvalue weighted by molar-refractivity contribution is 6.36. The molecule has 0 heterocycles. The van der Waals surface area contributed by atoms with E-state index in [1.807, 2.05) is 24.3 Å². The van der Waals surface area contributed by atoms with Crippen LogP contribution < -0.4 is 5.73 Å². The van der Waals surface area contributed by atoms with Gasteiger partial charge in [0.15, 0.2) is 0 Å². The molecule has 1 aliphatic rings. The summed E-state index contributed by atoms with van der Waals surface area (Å²) >= 11 is 12.4. The fourth-order valence-corrected chi connectivity index (χ4v) is 3.46. The molecule has 2 aromatic carbocycles. The number of hydrogen-bond donors (Lipinski definition) is 2. The van der Waals surface area contributed by atoms with Crippen LogP contribution in [-0.4, -0.2) is 5.11 Å². The van der Waals surface area contributed by atoms with Crippen LogP contribution in [0.15, 0.2) is 36.4 Å². The second-order valence-electron chi connectivity index (χ2n) is 5.33. The Hall–Kier alpha value is -1.22. The first-order valence-corrected chi connectivity index (χ1v) is 7.29. The van der Waals surface area contributed by atoms with Gasteiger partial charge in [-0.1, -0.05) is 35.3 Å². The fraction of sp³-hybridized carbons (Fsp3) is 0.250. The molecule has 4 heteroatoms. The SMILES string of the molecule is Nc1ccc2c(c1)CCC2(O)Cc1c(Cl)cccc1Cl. The molecule has 0 fully saturated rings. The monoisotopic (exact) mass is 307 g/mol. The zero-order chi connectivity index (χ0) is 14.3. The largest absolute Gasteiger partial charge is 0.399 e. The second-order valence-corrected chi connectivity index (χ2v) is 6.14. The number of nitrogens with two attached hydrogens (primary N) is 1. The van der Waals surface area contributed by atoms with Gasteiger partial charge in [-0.3, -0.25) is 0 Å². The summed E-state index contributed by atoms with van der Waals surface area (Å²) in [5, 5.41) is 12.2. The quantitative estimate of drug-likeness (QED) is 0.825. The van der Waals surface area contributed by atoms with E-state index in [0.29, 0.717) is 22.9 Å². The summed E-state index contributed by atoms with van der Waals surface area (Å²) < 4.78 is 0. The minimum atomic E-state index is -0.919. The lowest BCUT2D eigenvalue weighted by atomic mass is 9.88. The predicted octanol–water partition coefficient (Wildman–Crippen LogP) is 3.95. The number of rotatable bonds is 2. The molecule has 104 valence electrons. The Balaban J connectivity index is 2.00. The molecule has 1 aliphatic carbocycles. The Morgan fingerprint density at radius 3 is 2.55 bits per heavy atom. The average molecular weight is 308 g/mol. The van der Waals surface area contributed by atoms with Crippen molar-refractivity contribution >= 4 is 28.9 Å². The summed E-state index contributed by atoms with van der Waals surface area (Å²) in [7, 11) is 0. The average Bonchev–Trinajstić information content (AvgIpc) is 2.72. The third-order valence-corrected chi connectivity index (χ3v) is 4.68. The maximum absolute atomic E-state index is 11.0. The van der Waals surface area contributed by atoms with Gasteiger partial charge in [-0.25, -0.2) is 0 Å². The lowest BCUT2D eigenvalue weighted by molar-refractivity contribution is 0.0390. The van der Waals surface area contributed by atoms with Crippen LogP contribution in [0.5, 0.6) is 0 Å². The maximum Gasteiger partial charge on any atom is 0.0943 e. The molecule has 0 amide bonds. The van der Waals surface area contributed by atoms with Crippen LogP contribution in [-0.2, 0) is 18.4 Å². The van der Waals surface area contributed by atoms with Crippen LogP contribution in [0, 0.1) is 0 Å². The molecule has 1 unspecified atom stereocenters. The number of benzene rings is 2. The first kappa shape index (κ1) is 13.7. The van der Waals surface area contributed by atoms with Gasteiger partial charge in [-0.2, -0.15) is 0 Å². The molecule has 0 bridgehead atoms. The van der Waals surface area contributed by atoms with Gasteiger partial charge in [0.05, 0.1) is 5.60 Å². The maximum atomic E-state index is 11.0. The van der Waals surface area contributed by atoms with Crippen LogP contribution in [0.3, 0.4) is 0 Å². The standard InChI is InChI=1S/C16H15Cl2NO/c17-14-2-1-3-15(18)12(14)9-16(20)7-6-10-8-11(19)4-5-13(10)16/h1-5,8,20H,6-7,9,19H2.